The van der Waals surface area contributed by atoms with E-state index in [1.165, 1.54) is 11.3 Å². The summed E-state index contributed by atoms with van der Waals surface area (Å²) in [6.45, 7) is 9.04. The van der Waals surface area contributed by atoms with Crippen LogP contribution in [-0.4, -0.2) is 24.0 Å². The van der Waals surface area contributed by atoms with Gasteiger partial charge in [0.2, 0.25) is 0 Å². The Kier molecular flexibility index (Phi) is 3.66. The second-order valence-corrected chi connectivity index (χ2v) is 6.80. The molecule has 0 bridgehead atoms. The zero-order valence-corrected chi connectivity index (χ0v) is 13.2. The van der Waals surface area contributed by atoms with Crippen LogP contribution in [0.15, 0.2) is 29.4 Å². The van der Waals surface area contributed by atoms with E-state index in [4.69, 9.17) is 9.47 Å². The molecule has 0 saturated carbocycles. The van der Waals surface area contributed by atoms with Crippen LogP contribution in [0.1, 0.15) is 45.7 Å². The summed E-state index contributed by atoms with van der Waals surface area (Å²) < 4.78 is 11.7. The molecule has 2 aliphatic rings. The van der Waals surface area contributed by atoms with Gasteiger partial charge in [-0.15, -0.1) is 0 Å². The summed E-state index contributed by atoms with van der Waals surface area (Å²) in [6, 6.07) is 8.51. The highest BCUT2D eigenvalue weighted by Crippen LogP contribution is 2.36. The van der Waals surface area contributed by atoms with Crippen molar-refractivity contribution in [3.63, 3.8) is 0 Å². The number of benzene rings is 1. The van der Waals surface area contributed by atoms with Crippen LogP contribution < -0.4 is 10.2 Å². The van der Waals surface area contributed by atoms with Gasteiger partial charge in [-0.25, -0.2) is 0 Å². The van der Waals surface area contributed by atoms with E-state index in [-0.39, 0.29) is 17.7 Å². The minimum atomic E-state index is -0.0964. The second-order valence-electron chi connectivity index (χ2n) is 6.80. The van der Waals surface area contributed by atoms with E-state index in [1.807, 2.05) is 26.0 Å². The zero-order chi connectivity index (χ0) is 15.0. The summed E-state index contributed by atoms with van der Waals surface area (Å²) in [6.07, 6.45) is 1.10. The first-order chi connectivity index (χ1) is 9.94. The van der Waals surface area contributed by atoms with Crippen molar-refractivity contribution in [2.45, 2.75) is 51.9 Å². The summed E-state index contributed by atoms with van der Waals surface area (Å²) in [5.41, 5.74) is 5.65. The fourth-order valence-corrected chi connectivity index (χ4v) is 3.02. The molecule has 2 heterocycles. The van der Waals surface area contributed by atoms with Gasteiger partial charge >= 0.3 is 0 Å². The molecule has 1 fully saturated rings. The van der Waals surface area contributed by atoms with Crippen LogP contribution in [0.25, 0.3) is 0 Å². The quantitative estimate of drug-likeness (QED) is 0.928. The van der Waals surface area contributed by atoms with Gasteiger partial charge in [-0.1, -0.05) is 12.1 Å². The fourth-order valence-electron chi connectivity index (χ4n) is 3.02. The average molecular weight is 288 g/mol. The molecule has 114 valence electrons. The largest absolute Gasteiger partial charge is 0.491 e. The number of hydrazone groups is 1. The number of ether oxygens (including phenoxy) is 2. The van der Waals surface area contributed by atoms with Gasteiger partial charge < -0.3 is 14.9 Å². The molecule has 1 aromatic rings. The van der Waals surface area contributed by atoms with E-state index in [9.17, 15) is 0 Å². The van der Waals surface area contributed by atoms with Crippen LogP contribution in [0, 0.1) is 5.92 Å². The van der Waals surface area contributed by atoms with Gasteiger partial charge in [0, 0.05) is 18.1 Å². The lowest BCUT2D eigenvalue weighted by molar-refractivity contribution is -0.0389. The molecule has 2 atom stereocenters. The Labute approximate surface area is 126 Å². The van der Waals surface area contributed by atoms with E-state index in [2.05, 4.69) is 36.5 Å². The number of hydrogen-bond acceptors (Lipinski definition) is 4. The summed E-state index contributed by atoms with van der Waals surface area (Å²) in [5.74, 6) is 1.25. The van der Waals surface area contributed by atoms with Crippen molar-refractivity contribution in [3.8, 4) is 5.75 Å². The molecule has 3 rings (SSSR count). The lowest BCUT2D eigenvalue weighted by Gasteiger charge is -2.35. The molecule has 2 unspecified atom stereocenters. The van der Waals surface area contributed by atoms with E-state index >= 15 is 0 Å². The third-order valence-corrected chi connectivity index (χ3v) is 4.05. The highest BCUT2D eigenvalue weighted by molar-refractivity contribution is 5.90. The monoisotopic (exact) mass is 288 g/mol. The fraction of sp³-hybridized carbons (Fsp3) is 0.588. The third kappa shape index (κ3) is 3.05. The molecule has 0 aliphatic carbocycles. The standard InChI is InChI=1S/C17H24N2O2/c1-11(2)21-13-7-5-12(6-8-13)16-14-10-20-17(3,4)9-15(14)18-19-16/h5-8,11,14,16,19H,9-10H2,1-4H3. The number of nitrogens with zero attached hydrogens (tertiary/aromatic N) is 1. The Bertz CT molecular complexity index is 534. The van der Waals surface area contributed by atoms with Crippen molar-refractivity contribution in [1.29, 1.82) is 0 Å². The molecule has 0 aromatic heterocycles. The van der Waals surface area contributed by atoms with Crippen molar-refractivity contribution >= 4 is 5.71 Å². The van der Waals surface area contributed by atoms with Gasteiger partial charge in [0.1, 0.15) is 5.75 Å². The zero-order valence-electron chi connectivity index (χ0n) is 13.2. The summed E-state index contributed by atoms with van der Waals surface area (Å²) in [4.78, 5) is 0. The lowest BCUT2D eigenvalue weighted by Crippen LogP contribution is -2.40. The molecule has 1 saturated heterocycles. The first-order valence-corrected chi connectivity index (χ1v) is 7.67. The van der Waals surface area contributed by atoms with Crippen LogP contribution in [-0.2, 0) is 4.74 Å². The van der Waals surface area contributed by atoms with E-state index in [1.54, 1.807) is 0 Å². The maximum absolute atomic E-state index is 5.96. The smallest absolute Gasteiger partial charge is 0.119 e. The number of nitrogens with one attached hydrogen (secondary N) is 1. The molecule has 1 N–H and O–H groups in total. The van der Waals surface area contributed by atoms with Gasteiger partial charge in [0.25, 0.3) is 0 Å². The summed E-state index contributed by atoms with van der Waals surface area (Å²) in [7, 11) is 0. The van der Waals surface area contributed by atoms with E-state index in [0.29, 0.717) is 5.92 Å². The second kappa shape index (κ2) is 5.34. The minimum Gasteiger partial charge on any atom is -0.491 e. The maximum atomic E-state index is 5.96. The third-order valence-electron chi connectivity index (χ3n) is 4.05. The van der Waals surface area contributed by atoms with Crippen molar-refractivity contribution in [1.82, 2.24) is 5.43 Å². The summed E-state index contributed by atoms with van der Waals surface area (Å²) in [5, 5.41) is 4.54. The number of rotatable bonds is 3. The predicted molar refractivity (Wildman–Crippen MR) is 83.7 cm³/mol. The molecule has 21 heavy (non-hydrogen) atoms. The SMILES string of the molecule is CC(C)Oc1ccc(C2NN=C3CC(C)(C)OCC32)cc1. The molecule has 4 heteroatoms. The highest BCUT2D eigenvalue weighted by Gasteiger charge is 2.40. The topological polar surface area (TPSA) is 42.8 Å². The number of fused-ring (bicyclic) bond motifs is 1. The highest BCUT2D eigenvalue weighted by atomic mass is 16.5. The van der Waals surface area contributed by atoms with E-state index < -0.39 is 0 Å². The Morgan fingerprint density at radius 3 is 2.67 bits per heavy atom. The van der Waals surface area contributed by atoms with Gasteiger partial charge in [-0.2, -0.15) is 5.10 Å². The summed E-state index contributed by atoms with van der Waals surface area (Å²) >= 11 is 0. The molecule has 0 amide bonds. The van der Waals surface area contributed by atoms with Crippen LogP contribution >= 0.6 is 0 Å². The number of hydrogen-bond donors (Lipinski definition) is 1. The van der Waals surface area contributed by atoms with Gasteiger partial charge in [-0.3, -0.25) is 0 Å². The molecular formula is C17H24N2O2. The molecular weight excluding hydrogens is 264 g/mol. The van der Waals surface area contributed by atoms with Crippen molar-refractivity contribution in [2.24, 2.45) is 11.0 Å². The molecule has 2 aliphatic heterocycles. The first-order valence-electron chi connectivity index (χ1n) is 7.67. The Morgan fingerprint density at radius 2 is 2.00 bits per heavy atom. The predicted octanol–water partition coefficient (Wildman–Crippen LogP) is 3.29. The first kappa shape index (κ1) is 14.4. The van der Waals surface area contributed by atoms with Crippen LogP contribution in [0.4, 0.5) is 0 Å². The Hall–Kier alpha value is -1.55. The average Bonchev–Trinajstić information content (AvgIpc) is 2.80. The molecule has 1 aromatic carbocycles. The minimum absolute atomic E-state index is 0.0964. The normalized spacial score (nSPS) is 27.0. The van der Waals surface area contributed by atoms with Gasteiger partial charge in [-0.05, 0) is 45.4 Å². The van der Waals surface area contributed by atoms with E-state index in [0.717, 1.165) is 18.8 Å². The van der Waals surface area contributed by atoms with Gasteiger partial charge in [0.05, 0.1) is 24.4 Å². The lowest BCUT2D eigenvalue weighted by atomic mass is 9.84. The van der Waals surface area contributed by atoms with Crippen LogP contribution in [0.5, 0.6) is 5.75 Å². The van der Waals surface area contributed by atoms with Gasteiger partial charge in [0.15, 0.2) is 0 Å². The maximum Gasteiger partial charge on any atom is 0.119 e. The van der Waals surface area contributed by atoms with Crippen molar-refractivity contribution in [2.75, 3.05) is 6.61 Å². The van der Waals surface area contributed by atoms with Crippen molar-refractivity contribution < 1.29 is 9.47 Å². The molecule has 0 spiro atoms. The van der Waals surface area contributed by atoms with Crippen LogP contribution in [0.3, 0.4) is 0 Å². The molecule has 0 radical (unpaired) electrons. The molecule has 4 nitrogen and oxygen atoms in total. The van der Waals surface area contributed by atoms with Crippen LogP contribution in [0.2, 0.25) is 0 Å². The van der Waals surface area contributed by atoms with Crippen molar-refractivity contribution in [3.05, 3.63) is 29.8 Å². The Balaban J connectivity index is 1.72. The Morgan fingerprint density at radius 1 is 1.29 bits per heavy atom.